The van der Waals surface area contributed by atoms with Crippen LogP contribution in [0.1, 0.15) is 16.7 Å². The molecule has 0 bridgehead atoms. The molecular formula is C21H16FN3O3. The van der Waals surface area contributed by atoms with E-state index in [1.807, 2.05) is 24.3 Å². The molecule has 0 atom stereocenters. The van der Waals surface area contributed by atoms with Crippen LogP contribution in [-0.2, 0) is 13.0 Å². The molecule has 4 rings (SSSR count). The first kappa shape index (κ1) is 17.7. The minimum atomic E-state index is -0.702. The highest BCUT2D eigenvalue weighted by molar-refractivity contribution is 6.21. The van der Waals surface area contributed by atoms with E-state index in [9.17, 15) is 19.1 Å². The second-order valence-corrected chi connectivity index (χ2v) is 6.40. The number of rotatable bonds is 4. The molecule has 1 aliphatic rings. The number of para-hydroxylation sites is 1. The van der Waals surface area contributed by atoms with Crippen molar-refractivity contribution in [3.8, 4) is 5.88 Å². The third-order valence-corrected chi connectivity index (χ3v) is 4.60. The zero-order valence-corrected chi connectivity index (χ0v) is 14.7. The Hall–Kier alpha value is -3.74. The molecule has 0 unspecified atom stereocenters. The number of fused-ring (bicyclic) bond motifs is 1. The zero-order valence-electron chi connectivity index (χ0n) is 14.7. The summed E-state index contributed by atoms with van der Waals surface area (Å²) in [5, 5.41) is 10.6. The molecule has 6 nitrogen and oxygen atoms in total. The maximum Gasteiger partial charge on any atom is 0.331 e. The number of halogens is 1. The average Bonchev–Trinajstić information content (AvgIpc) is 3.09. The van der Waals surface area contributed by atoms with Crippen molar-refractivity contribution >= 4 is 23.6 Å². The average molecular weight is 377 g/mol. The molecule has 3 aromatic rings. The van der Waals surface area contributed by atoms with Gasteiger partial charge in [0.2, 0.25) is 5.88 Å². The van der Waals surface area contributed by atoms with Gasteiger partial charge in [0.15, 0.2) is 0 Å². The summed E-state index contributed by atoms with van der Waals surface area (Å²) >= 11 is 0. The molecule has 0 aliphatic carbocycles. The lowest BCUT2D eigenvalue weighted by molar-refractivity contribution is 0.399. The number of benzene rings is 2. The monoisotopic (exact) mass is 377 g/mol. The number of hydrogen-bond acceptors (Lipinski definition) is 4. The maximum atomic E-state index is 13.0. The van der Waals surface area contributed by atoms with Crippen molar-refractivity contribution < 1.29 is 9.50 Å². The van der Waals surface area contributed by atoms with Crippen LogP contribution in [0.25, 0.3) is 11.6 Å². The highest BCUT2D eigenvalue weighted by Gasteiger charge is 2.16. The molecule has 1 aromatic heterocycles. The summed E-state index contributed by atoms with van der Waals surface area (Å²) in [6, 6.07) is 13.3. The second kappa shape index (κ2) is 7.11. The fourth-order valence-electron chi connectivity index (χ4n) is 3.11. The van der Waals surface area contributed by atoms with Crippen molar-refractivity contribution in [3.05, 3.63) is 91.9 Å². The summed E-state index contributed by atoms with van der Waals surface area (Å²) in [6.07, 6.45) is 3.51. The SMILES string of the molecule is O=c1[nH]c(=O)n(CCc2ccc(F)cc2)c(O)c1C=C1C=Nc2ccccc21. The number of aromatic nitrogens is 2. The Labute approximate surface area is 159 Å². The Morgan fingerprint density at radius 3 is 2.64 bits per heavy atom. The predicted molar refractivity (Wildman–Crippen MR) is 106 cm³/mol. The number of hydrogen-bond donors (Lipinski definition) is 2. The molecule has 2 N–H and O–H groups in total. The zero-order chi connectivity index (χ0) is 19.7. The summed E-state index contributed by atoms with van der Waals surface area (Å²) < 4.78 is 14.1. The number of nitrogens with zero attached hydrogens (tertiary/aromatic N) is 2. The second-order valence-electron chi connectivity index (χ2n) is 6.40. The van der Waals surface area contributed by atoms with E-state index in [-0.39, 0.29) is 17.9 Å². The summed E-state index contributed by atoms with van der Waals surface area (Å²) in [7, 11) is 0. The van der Waals surface area contributed by atoms with Crippen LogP contribution < -0.4 is 11.2 Å². The molecular weight excluding hydrogens is 361 g/mol. The van der Waals surface area contributed by atoms with Crippen molar-refractivity contribution in [1.29, 1.82) is 0 Å². The highest BCUT2D eigenvalue weighted by Crippen LogP contribution is 2.32. The number of aromatic amines is 1. The molecule has 0 fully saturated rings. The van der Waals surface area contributed by atoms with Gasteiger partial charge in [-0.15, -0.1) is 0 Å². The molecule has 0 spiro atoms. The van der Waals surface area contributed by atoms with E-state index in [2.05, 4.69) is 9.98 Å². The fraction of sp³-hybridized carbons (Fsp3) is 0.0952. The van der Waals surface area contributed by atoms with E-state index in [1.54, 1.807) is 18.3 Å². The Kier molecular flexibility index (Phi) is 4.49. The Morgan fingerprint density at radius 2 is 1.86 bits per heavy atom. The van der Waals surface area contributed by atoms with Crippen LogP contribution in [0, 0.1) is 5.82 Å². The van der Waals surface area contributed by atoms with E-state index in [1.165, 1.54) is 18.2 Å². The number of allylic oxidation sites excluding steroid dienone is 1. The molecule has 0 amide bonds. The van der Waals surface area contributed by atoms with Crippen molar-refractivity contribution in [2.75, 3.05) is 0 Å². The van der Waals surface area contributed by atoms with E-state index in [0.29, 0.717) is 12.0 Å². The van der Waals surface area contributed by atoms with Gasteiger partial charge in [-0.25, -0.2) is 9.18 Å². The van der Waals surface area contributed by atoms with Crippen LogP contribution >= 0.6 is 0 Å². The van der Waals surface area contributed by atoms with E-state index in [4.69, 9.17) is 0 Å². The summed E-state index contributed by atoms with van der Waals surface area (Å²) in [6.45, 7) is 0.133. The Bertz CT molecular complexity index is 1220. The molecule has 0 saturated carbocycles. The van der Waals surface area contributed by atoms with Gasteiger partial charge in [0.05, 0.1) is 5.69 Å². The van der Waals surface area contributed by atoms with Crippen LogP contribution in [0.4, 0.5) is 10.1 Å². The standard InChI is InChI=1S/C21H16FN3O3/c22-15-7-5-13(6-8-15)9-10-25-20(27)17(19(26)24-21(25)28)11-14-12-23-18-4-2-1-3-16(14)18/h1-8,11-12,27H,9-10H2,(H,24,26,28). The number of H-pyrrole nitrogens is 1. The molecule has 2 heterocycles. The number of aryl methyl sites for hydroxylation is 1. The smallest absolute Gasteiger partial charge is 0.331 e. The van der Waals surface area contributed by atoms with Gasteiger partial charge in [-0.2, -0.15) is 0 Å². The number of aliphatic imine (C=N–C) groups is 1. The van der Waals surface area contributed by atoms with Gasteiger partial charge in [-0.05, 0) is 36.3 Å². The highest BCUT2D eigenvalue weighted by atomic mass is 19.1. The largest absolute Gasteiger partial charge is 0.494 e. The molecule has 7 heteroatoms. The molecule has 0 saturated heterocycles. The summed E-state index contributed by atoms with van der Waals surface area (Å²) in [5.74, 6) is -0.763. The van der Waals surface area contributed by atoms with Crippen molar-refractivity contribution in [3.63, 3.8) is 0 Å². The van der Waals surface area contributed by atoms with E-state index in [0.717, 1.165) is 21.4 Å². The third-order valence-electron chi connectivity index (χ3n) is 4.60. The Balaban J connectivity index is 1.70. The molecule has 1 aliphatic heterocycles. The third kappa shape index (κ3) is 3.29. The van der Waals surface area contributed by atoms with Gasteiger partial charge in [0.1, 0.15) is 11.4 Å². The van der Waals surface area contributed by atoms with Gasteiger partial charge < -0.3 is 5.11 Å². The van der Waals surface area contributed by atoms with Gasteiger partial charge in [-0.3, -0.25) is 19.3 Å². The molecule has 140 valence electrons. The maximum absolute atomic E-state index is 13.0. The molecule has 2 aromatic carbocycles. The minimum Gasteiger partial charge on any atom is -0.494 e. The van der Waals surface area contributed by atoms with Gasteiger partial charge in [-0.1, -0.05) is 30.3 Å². The summed E-state index contributed by atoms with van der Waals surface area (Å²) in [5.41, 5.74) is 1.69. The van der Waals surface area contributed by atoms with Gasteiger partial charge in [0, 0.05) is 23.9 Å². The summed E-state index contributed by atoms with van der Waals surface area (Å²) in [4.78, 5) is 30.9. The van der Waals surface area contributed by atoms with Crippen LogP contribution in [0.15, 0.2) is 63.1 Å². The number of aromatic hydroxyl groups is 1. The first-order valence-electron chi connectivity index (χ1n) is 8.68. The minimum absolute atomic E-state index is 0.0168. The number of nitrogens with one attached hydrogen (secondary N) is 1. The normalized spacial score (nSPS) is 13.8. The molecule has 0 radical (unpaired) electrons. The van der Waals surface area contributed by atoms with Crippen molar-refractivity contribution in [2.45, 2.75) is 13.0 Å². The van der Waals surface area contributed by atoms with E-state index >= 15 is 0 Å². The first-order valence-corrected chi connectivity index (χ1v) is 8.68. The van der Waals surface area contributed by atoms with Crippen molar-refractivity contribution in [2.24, 2.45) is 4.99 Å². The van der Waals surface area contributed by atoms with Crippen LogP contribution in [0.5, 0.6) is 5.88 Å². The Morgan fingerprint density at radius 1 is 1.11 bits per heavy atom. The quantitative estimate of drug-likeness (QED) is 0.733. The van der Waals surface area contributed by atoms with Crippen LogP contribution in [0.2, 0.25) is 0 Å². The lowest BCUT2D eigenvalue weighted by Crippen LogP contribution is -2.32. The first-order chi connectivity index (χ1) is 13.5. The molecule has 28 heavy (non-hydrogen) atoms. The predicted octanol–water partition coefficient (Wildman–Crippen LogP) is 2.88. The van der Waals surface area contributed by atoms with Crippen LogP contribution in [0.3, 0.4) is 0 Å². The topological polar surface area (TPSA) is 87.5 Å². The fourth-order valence-corrected chi connectivity index (χ4v) is 3.11. The lowest BCUT2D eigenvalue weighted by Gasteiger charge is -2.10. The lowest BCUT2D eigenvalue weighted by atomic mass is 10.1. The van der Waals surface area contributed by atoms with Crippen LogP contribution in [-0.4, -0.2) is 20.9 Å². The van der Waals surface area contributed by atoms with Gasteiger partial charge in [0.25, 0.3) is 5.56 Å². The van der Waals surface area contributed by atoms with Crippen molar-refractivity contribution in [1.82, 2.24) is 9.55 Å². The van der Waals surface area contributed by atoms with E-state index < -0.39 is 17.1 Å². The van der Waals surface area contributed by atoms with Gasteiger partial charge >= 0.3 is 5.69 Å².